The summed E-state index contributed by atoms with van der Waals surface area (Å²) in [5, 5.41) is 27.8. The Bertz CT molecular complexity index is 1730. The average molecular weight is 623 g/mol. The molecule has 0 aliphatic carbocycles. The highest BCUT2D eigenvalue weighted by Gasteiger charge is 2.30. The largest absolute Gasteiger partial charge is 0.377 e. The number of nitrogens with one attached hydrogen (secondary N) is 2. The molecule has 1 fully saturated rings. The van der Waals surface area contributed by atoms with E-state index in [2.05, 4.69) is 25.0 Å². The van der Waals surface area contributed by atoms with E-state index in [-0.39, 0.29) is 34.3 Å². The molecule has 0 bridgehead atoms. The maximum Gasteiger partial charge on any atom is 0.281 e. The van der Waals surface area contributed by atoms with E-state index in [0.717, 1.165) is 27.8 Å². The number of pyridine rings is 1. The van der Waals surface area contributed by atoms with Gasteiger partial charge in [-0.25, -0.2) is 14.6 Å². The molecule has 15 heteroatoms. The molecule has 43 heavy (non-hydrogen) atoms. The molecule has 12 nitrogen and oxygen atoms in total. The Morgan fingerprint density at radius 1 is 1.21 bits per heavy atom. The minimum Gasteiger partial charge on any atom is -0.377 e. The average Bonchev–Trinajstić information content (AvgIpc) is 3.47. The minimum absolute atomic E-state index is 0.00798. The Kier molecular flexibility index (Phi) is 8.75. The number of anilines is 2. The van der Waals surface area contributed by atoms with E-state index in [1.54, 1.807) is 36.1 Å². The SMILES string of the molecule is [B]C(O)(O)n1nccc1C1CCN(c2nc3c(C(C)Nc4ccc(Cl)nc4C(=O)NSC)cc(C)cc3c(=O)n2C)CC1. The molecule has 1 aliphatic rings. The van der Waals surface area contributed by atoms with Crippen LogP contribution in [0.1, 0.15) is 59.0 Å². The number of amides is 1. The van der Waals surface area contributed by atoms with E-state index in [1.165, 1.54) is 6.20 Å². The number of aliphatic hydroxyl groups is 2. The van der Waals surface area contributed by atoms with Crippen LogP contribution in [0.15, 0.2) is 41.3 Å². The van der Waals surface area contributed by atoms with Crippen LogP contribution in [0.25, 0.3) is 10.9 Å². The van der Waals surface area contributed by atoms with Crippen molar-refractivity contribution in [3.05, 3.63) is 74.6 Å². The van der Waals surface area contributed by atoms with Crippen LogP contribution in [-0.4, -0.2) is 67.6 Å². The van der Waals surface area contributed by atoms with Gasteiger partial charge in [0.25, 0.3) is 11.5 Å². The molecule has 4 N–H and O–H groups in total. The Labute approximate surface area is 259 Å². The monoisotopic (exact) mass is 622 g/mol. The summed E-state index contributed by atoms with van der Waals surface area (Å²) in [4.78, 5) is 37.6. The summed E-state index contributed by atoms with van der Waals surface area (Å²) in [7, 11) is 7.19. The third kappa shape index (κ3) is 6.23. The van der Waals surface area contributed by atoms with Gasteiger partial charge in [0.2, 0.25) is 11.8 Å². The molecule has 1 unspecified atom stereocenters. The first-order valence-electron chi connectivity index (χ1n) is 13.7. The number of hydrogen-bond donors (Lipinski definition) is 4. The summed E-state index contributed by atoms with van der Waals surface area (Å²) in [6.45, 7) is 5.02. The zero-order valence-corrected chi connectivity index (χ0v) is 25.8. The third-order valence-corrected chi connectivity index (χ3v) is 8.22. The standard InChI is InChI=1S/C28H32BClN8O4S/c1-15-13-18(16(2)32-20-5-6-22(30)33-24(20)25(39)35-43-4)23-19(14-15)26(40)36(3)27(34-23)37-11-8-17(9-12-37)21-7-10-31-38(21)28(29,41)42/h5-7,10,13-14,16-17,32,41-42H,8-9,11-12H2,1-4H3,(H,35,39). The van der Waals surface area contributed by atoms with Crippen LogP contribution in [0.5, 0.6) is 0 Å². The first-order chi connectivity index (χ1) is 20.4. The predicted molar refractivity (Wildman–Crippen MR) is 169 cm³/mol. The summed E-state index contributed by atoms with van der Waals surface area (Å²) in [6, 6.07) is 8.51. The highest BCUT2D eigenvalue weighted by Crippen LogP contribution is 2.33. The molecule has 0 saturated carbocycles. The maximum absolute atomic E-state index is 13.7. The van der Waals surface area contributed by atoms with Crippen molar-refractivity contribution in [2.45, 2.75) is 44.5 Å². The predicted octanol–water partition coefficient (Wildman–Crippen LogP) is 2.77. The van der Waals surface area contributed by atoms with Crippen LogP contribution >= 0.6 is 23.5 Å². The number of nitrogens with zero attached hydrogens (tertiary/aromatic N) is 6. The van der Waals surface area contributed by atoms with E-state index >= 15 is 0 Å². The number of carbonyl (C=O) groups is 1. The molecule has 0 spiro atoms. The van der Waals surface area contributed by atoms with Gasteiger partial charge in [-0.2, -0.15) is 5.10 Å². The molecule has 4 heterocycles. The van der Waals surface area contributed by atoms with Crippen LogP contribution in [0.2, 0.25) is 5.15 Å². The number of hydrogen-bond acceptors (Lipinski definition) is 10. The molecule has 224 valence electrons. The normalized spacial score (nSPS) is 15.1. The van der Waals surface area contributed by atoms with E-state index in [0.29, 0.717) is 54.2 Å². The topological polar surface area (TPSA) is 150 Å². The highest BCUT2D eigenvalue weighted by atomic mass is 35.5. The lowest BCUT2D eigenvalue weighted by Crippen LogP contribution is -2.40. The van der Waals surface area contributed by atoms with Crippen molar-refractivity contribution in [2.24, 2.45) is 7.05 Å². The van der Waals surface area contributed by atoms with Crippen molar-refractivity contribution in [3.63, 3.8) is 0 Å². The summed E-state index contributed by atoms with van der Waals surface area (Å²) in [6.07, 6.45) is 4.56. The zero-order valence-electron chi connectivity index (χ0n) is 24.2. The molecule has 2 radical (unpaired) electrons. The third-order valence-electron chi connectivity index (χ3n) is 7.62. The lowest BCUT2D eigenvalue weighted by Gasteiger charge is -2.34. The Morgan fingerprint density at radius 3 is 2.60 bits per heavy atom. The van der Waals surface area contributed by atoms with Gasteiger partial charge in [0.05, 0.1) is 22.6 Å². The quantitative estimate of drug-likeness (QED) is 0.1000. The number of rotatable bonds is 8. The first kappa shape index (κ1) is 30.9. The van der Waals surface area contributed by atoms with E-state index in [4.69, 9.17) is 24.4 Å². The molecule has 1 amide bonds. The highest BCUT2D eigenvalue weighted by molar-refractivity contribution is 7.97. The van der Waals surface area contributed by atoms with Crippen LogP contribution in [0.3, 0.4) is 0 Å². The molecule has 5 rings (SSSR count). The van der Waals surface area contributed by atoms with Crippen molar-refractivity contribution in [1.29, 1.82) is 0 Å². The van der Waals surface area contributed by atoms with Crippen molar-refractivity contribution >= 4 is 59.8 Å². The van der Waals surface area contributed by atoms with E-state index < -0.39 is 5.81 Å². The van der Waals surface area contributed by atoms with Gasteiger partial charge >= 0.3 is 0 Å². The van der Waals surface area contributed by atoms with Crippen LogP contribution in [0, 0.1) is 6.92 Å². The lowest BCUT2D eigenvalue weighted by atomic mass is 9.92. The van der Waals surface area contributed by atoms with Gasteiger partial charge in [-0.05, 0) is 56.5 Å². The summed E-state index contributed by atoms with van der Waals surface area (Å²) >= 11 is 7.26. The molecule has 4 aromatic rings. The lowest BCUT2D eigenvalue weighted by molar-refractivity contribution is -0.162. The fourth-order valence-electron chi connectivity index (χ4n) is 5.60. The smallest absolute Gasteiger partial charge is 0.281 e. The van der Waals surface area contributed by atoms with Gasteiger partial charge in [-0.15, -0.1) is 0 Å². The number of piperidine rings is 1. The molecule has 3 aromatic heterocycles. The number of fused-ring (bicyclic) bond motifs is 1. The summed E-state index contributed by atoms with van der Waals surface area (Å²) in [5.74, 6) is -2.44. The molecule has 1 atom stereocenters. The molecular formula is C28H32BClN8O4S. The van der Waals surface area contributed by atoms with Crippen molar-refractivity contribution < 1.29 is 15.0 Å². The van der Waals surface area contributed by atoms with Crippen molar-refractivity contribution in [3.8, 4) is 0 Å². The number of carbonyl (C=O) groups excluding carboxylic acids is 1. The molecule has 1 aliphatic heterocycles. The summed E-state index contributed by atoms with van der Waals surface area (Å²) in [5.41, 5.74) is 3.38. The molecule has 1 aromatic carbocycles. The van der Waals surface area contributed by atoms with Gasteiger partial charge in [-0.3, -0.25) is 18.9 Å². The number of benzene rings is 1. The number of aromatic nitrogens is 5. The van der Waals surface area contributed by atoms with Gasteiger partial charge in [0.1, 0.15) is 5.15 Å². The van der Waals surface area contributed by atoms with Crippen LogP contribution in [-0.2, 0) is 12.9 Å². The maximum atomic E-state index is 13.7. The van der Waals surface area contributed by atoms with Gasteiger partial charge < -0.3 is 20.4 Å². The molecular weight excluding hydrogens is 591 g/mol. The minimum atomic E-state index is -2.58. The van der Waals surface area contributed by atoms with Gasteiger partial charge in [-0.1, -0.05) is 29.6 Å². The van der Waals surface area contributed by atoms with E-state index in [9.17, 15) is 19.8 Å². The van der Waals surface area contributed by atoms with Crippen molar-refractivity contribution in [2.75, 3.05) is 29.6 Å². The molecule has 1 saturated heterocycles. The Hall–Kier alpha value is -3.59. The van der Waals surface area contributed by atoms with Crippen molar-refractivity contribution in [1.82, 2.24) is 29.0 Å². The second kappa shape index (κ2) is 12.2. The van der Waals surface area contributed by atoms with Gasteiger partial charge in [0, 0.05) is 49.8 Å². The second-order valence-electron chi connectivity index (χ2n) is 10.7. The zero-order chi connectivity index (χ0) is 31.1. The van der Waals surface area contributed by atoms with Gasteiger partial charge in [0.15, 0.2) is 13.5 Å². The fraction of sp³-hybridized carbons (Fsp3) is 0.393. The number of halogens is 1. The second-order valence-corrected chi connectivity index (χ2v) is 11.7. The first-order valence-corrected chi connectivity index (χ1v) is 15.3. The van der Waals surface area contributed by atoms with Crippen LogP contribution < -0.4 is 20.5 Å². The fourth-order valence-corrected chi connectivity index (χ4v) is 6.03. The Morgan fingerprint density at radius 2 is 1.93 bits per heavy atom. The van der Waals surface area contributed by atoms with Crippen LogP contribution in [0.4, 0.5) is 11.6 Å². The summed E-state index contributed by atoms with van der Waals surface area (Å²) < 4.78 is 5.26. The van der Waals surface area contributed by atoms with E-state index in [1.807, 2.05) is 26.0 Å². The number of aryl methyl sites for hydroxylation is 1. The Balaban J connectivity index is 1.47.